The fraction of sp³-hybridized carbons (Fsp3) is 0.0345. The molecule has 196 valence electrons. The second-order valence-electron chi connectivity index (χ2n) is 8.09. The van der Waals surface area contributed by atoms with Crippen LogP contribution in [0.4, 0.5) is 11.4 Å². The van der Waals surface area contributed by atoms with Gasteiger partial charge in [0, 0.05) is 27.9 Å². The van der Waals surface area contributed by atoms with Crippen LogP contribution in [0.15, 0.2) is 112 Å². The zero-order valence-corrected chi connectivity index (χ0v) is 21.2. The molecule has 10 heteroatoms. The summed E-state index contributed by atoms with van der Waals surface area (Å²) in [5.41, 5.74) is 1.37. The first-order chi connectivity index (χ1) is 18.9. The molecule has 4 aromatic rings. The van der Waals surface area contributed by atoms with E-state index in [1.54, 1.807) is 78.9 Å². The normalized spacial score (nSPS) is 10.9. The lowest BCUT2D eigenvalue weighted by Gasteiger charge is -2.11. The van der Waals surface area contributed by atoms with Crippen LogP contribution in [0, 0.1) is 0 Å². The largest absolute Gasteiger partial charge is 0.478 e. The first kappa shape index (κ1) is 27.0. The number of carbonyl (C=O) groups is 4. The van der Waals surface area contributed by atoms with E-state index in [4.69, 9.17) is 9.52 Å². The number of carbonyl (C=O) groups excluding carboxylic acids is 3. The van der Waals surface area contributed by atoms with Crippen LogP contribution in [0.1, 0.15) is 26.5 Å². The number of hydrogen-bond acceptors (Lipinski definition) is 6. The Bertz CT molecular complexity index is 1500. The van der Waals surface area contributed by atoms with E-state index in [9.17, 15) is 19.2 Å². The van der Waals surface area contributed by atoms with Crippen LogP contribution in [-0.4, -0.2) is 34.6 Å². The standard InChI is InChI=1S/C29H23N3O6S/c33-26(30-22-9-4-8-20(16-22)29(36)37)18-39-24-13-11-21(12-14-24)31-28(35)25(17-23-10-5-15-38-23)32-27(34)19-6-2-1-3-7-19/h1-17H,18H2,(H,30,33)(H,31,35)(H,32,34)(H,36,37)/b25-17-. The van der Waals surface area contributed by atoms with Crippen molar-refractivity contribution < 1.29 is 28.7 Å². The Balaban J connectivity index is 1.35. The van der Waals surface area contributed by atoms with E-state index in [2.05, 4.69) is 16.0 Å². The van der Waals surface area contributed by atoms with Crippen molar-refractivity contribution in [2.45, 2.75) is 4.90 Å². The van der Waals surface area contributed by atoms with E-state index < -0.39 is 17.8 Å². The third kappa shape index (κ3) is 7.94. The minimum atomic E-state index is -1.07. The van der Waals surface area contributed by atoms with E-state index in [-0.39, 0.29) is 22.9 Å². The van der Waals surface area contributed by atoms with Crippen LogP contribution < -0.4 is 16.0 Å². The predicted molar refractivity (Wildman–Crippen MR) is 148 cm³/mol. The third-order valence-corrected chi connectivity index (χ3v) is 6.25. The summed E-state index contributed by atoms with van der Waals surface area (Å²) in [4.78, 5) is 49.8. The van der Waals surface area contributed by atoms with Crippen molar-refractivity contribution in [3.63, 3.8) is 0 Å². The molecule has 0 bridgehead atoms. The predicted octanol–water partition coefficient (Wildman–Crippen LogP) is 5.12. The van der Waals surface area contributed by atoms with Gasteiger partial charge in [-0.25, -0.2) is 4.79 Å². The Hall–Kier alpha value is -5.09. The molecule has 0 saturated carbocycles. The molecule has 1 aromatic heterocycles. The lowest BCUT2D eigenvalue weighted by molar-refractivity contribution is -0.114. The molecule has 0 radical (unpaired) electrons. The van der Waals surface area contributed by atoms with Gasteiger partial charge in [-0.2, -0.15) is 0 Å². The first-order valence-electron chi connectivity index (χ1n) is 11.7. The van der Waals surface area contributed by atoms with Gasteiger partial charge in [-0.15, -0.1) is 11.8 Å². The third-order valence-electron chi connectivity index (χ3n) is 5.23. The van der Waals surface area contributed by atoms with E-state index in [0.717, 1.165) is 4.90 Å². The summed E-state index contributed by atoms with van der Waals surface area (Å²) in [7, 11) is 0. The maximum atomic E-state index is 13.0. The molecule has 0 aliphatic carbocycles. The van der Waals surface area contributed by atoms with Gasteiger partial charge in [-0.3, -0.25) is 14.4 Å². The highest BCUT2D eigenvalue weighted by atomic mass is 32.2. The molecule has 1 heterocycles. The molecule has 0 atom stereocenters. The first-order valence-corrected chi connectivity index (χ1v) is 12.6. The number of nitrogens with one attached hydrogen (secondary N) is 3. The van der Waals surface area contributed by atoms with Crippen molar-refractivity contribution in [1.29, 1.82) is 0 Å². The Kier molecular flexibility index (Phi) is 8.94. The molecule has 3 aromatic carbocycles. The maximum Gasteiger partial charge on any atom is 0.335 e. The SMILES string of the molecule is O=C(CSc1ccc(NC(=O)/C(=C/c2ccco2)NC(=O)c2ccccc2)cc1)Nc1cccc(C(=O)O)c1. The molecular weight excluding hydrogens is 518 g/mol. The summed E-state index contributed by atoms with van der Waals surface area (Å²) in [5.74, 6) is -1.85. The Morgan fingerprint density at radius 2 is 1.54 bits per heavy atom. The molecule has 3 amide bonds. The van der Waals surface area contributed by atoms with Gasteiger partial charge in [-0.1, -0.05) is 24.3 Å². The number of anilines is 2. The molecule has 0 fully saturated rings. The van der Waals surface area contributed by atoms with Crippen LogP contribution in [-0.2, 0) is 9.59 Å². The fourth-order valence-corrected chi connectivity index (χ4v) is 4.07. The summed E-state index contributed by atoms with van der Waals surface area (Å²) in [6, 6.07) is 24.7. The number of amides is 3. The highest BCUT2D eigenvalue weighted by Gasteiger charge is 2.16. The summed E-state index contributed by atoms with van der Waals surface area (Å²) in [6.45, 7) is 0. The van der Waals surface area contributed by atoms with Gasteiger partial charge >= 0.3 is 5.97 Å². The molecule has 0 saturated heterocycles. The molecular formula is C29H23N3O6S. The van der Waals surface area contributed by atoms with Crippen molar-refractivity contribution in [2.75, 3.05) is 16.4 Å². The molecule has 0 unspecified atom stereocenters. The smallest absolute Gasteiger partial charge is 0.335 e. The van der Waals surface area contributed by atoms with E-state index >= 15 is 0 Å². The number of furan rings is 1. The number of carboxylic acid groups (broad SMARTS) is 1. The Labute approximate surface area is 227 Å². The second-order valence-corrected chi connectivity index (χ2v) is 9.14. The summed E-state index contributed by atoms with van der Waals surface area (Å²) < 4.78 is 5.30. The highest BCUT2D eigenvalue weighted by molar-refractivity contribution is 8.00. The fourth-order valence-electron chi connectivity index (χ4n) is 3.37. The van der Waals surface area contributed by atoms with Crippen LogP contribution in [0.5, 0.6) is 0 Å². The minimum absolute atomic E-state index is 0.000827. The average molecular weight is 542 g/mol. The Morgan fingerprint density at radius 3 is 2.23 bits per heavy atom. The minimum Gasteiger partial charge on any atom is -0.478 e. The van der Waals surface area contributed by atoms with E-state index in [0.29, 0.717) is 22.7 Å². The van der Waals surface area contributed by atoms with Crippen LogP contribution in [0.3, 0.4) is 0 Å². The average Bonchev–Trinajstić information content (AvgIpc) is 3.46. The molecule has 39 heavy (non-hydrogen) atoms. The summed E-state index contributed by atoms with van der Waals surface area (Å²) in [6.07, 6.45) is 2.90. The Morgan fingerprint density at radius 1 is 0.795 bits per heavy atom. The van der Waals surface area contributed by atoms with Gasteiger partial charge in [0.05, 0.1) is 17.6 Å². The monoisotopic (exact) mass is 541 g/mol. The maximum absolute atomic E-state index is 13.0. The van der Waals surface area contributed by atoms with Gasteiger partial charge in [0.2, 0.25) is 5.91 Å². The van der Waals surface area contributed by atoms with Gasteiger partial charge in [0.1, 0.15) is 11.5 Å². The molecule has 4 N–H and O–H groups in total. The topological polar surface area (TPSA) is 138 Å². The van der Waals surface area contributed by atoms with Crippen molar-refractivity contribution in [2.24, 2.45) is 0 Å². The van der Waals surface area contributed by atoms with Crippen LogP contribution in [0.2, 0.25) is 0 Å². The molecule has 0 aliphatic rings. The summed E-state index contributed by atoms with van der Waals surface area (Å²) in [5, 5.41) is 17.1. The van der Waals surface area contributed by atoms with Gasteiger partial charge in [0.15, 0.2) is 0 Å². The van der Waals surface area contributed by atoms with Crippen molar-refractivity contribution in [3.05, 3.63) is 120 Å². The zero-order valence-electron chi connectivity index (χ0n) is 20.4. The van der Waals surface area contributed by atoms with Crippen molar-refractivity contribution >= 4 is 52.9 Å². The van der Waals surface area contributed by atoms with Gasteiger partial charge < -0.3 is 25.5 Å². The number of aromatic carboxylic acids is 1. The molecule has 9 nitrogen and oxygen atoms in total. The van der Waals surface area contributed by atoms with Crippen molar-refractivity contribution in [1.82, 2.24) is 5.32 Å². The lowest BCUT2D eigenvalue weighted by Crippen LogP contribution is -2.30. The molecule has 0 aliphatic heterocycles. The quantitative estimate of drug-likeness (QED) is 0.162. The zero-order chi connectivity index (χ0) is 27.6. The number of thioether (sulfide) groups is 1. The van der Waals surface area contributed by atoms with E-state index in [1.807, 2.05) is 0 Å². The van der Waals surface area contributed by atoms with Crippen LogP contribution >= 0.6 is 11.8 Å². The number of rotatable bonds is 10. The van der Waals surface area contributed by atoms with Crippen LogP contribution in [0.25, 0.3) is 6.08 Å². The number of benzene rings is 3. The highest BCUT2D eigenvalue weighted by Crippen LogP contribution is 2.21. The molecule has 0 spiro atoms. The second kappa shape index (κ2) is 12.9. The van der Waals surface area contributed by atoms with Gasteiger partial charge in [0.25, 0.3) is 11.8 Å². The lowest BCUT2D eigenvalue weighted by atomic mass is 10.2. The van der Waals surface area contributed by atoms with Crippen molar-refractivity contribution in [3.8, 4) is 0 Å². The van der Waals surface area contributed by atoms with Gasteiger partial charge in [-0.05, 0) is 66.7 Å². The number of carboxylic acids is 1. The molecule has 4 rings (SSSR count). The summed E-state index contributed by atoms with van der Waals surface area (Å²) >= 11 is 1.28. The number of hydrogen-bond donors (Lipinski definition) is 4. The van der Waals surface area contributed by atoms with E-state index in [1.165, 1.54) is 36.2 Å².